The van der Waals surface area contributed by atoms with Crippen molar-refractivity contribution in [1.82, 2.24) is 9.97 Å². The van der Waals surface area contributed by atoms with Gasteiger partial charge in [0.1, 0.15) is 0 Å². The number of anilines is 1. The maximum Gasteiger partial charge on any atom is 0.255 e. The molecule has 6 heteroatoms. The summed E-state index contributed by atoms with van der Waals surface area (Å²) in [5, 5.41) is 2.72. The van der Waals surface area contributed by atoms with Crippen LogP contribution in [0.4, 0.5) is 5.69 Å². The van der Waals surface area contributed by atoms with Crippen molar-refractivity contribution in [1.29, 1.82) is 0 Å². The Bertz CT molecular complexity index is 805. The third kappa shape index (κ3) is 2.89. The van der Waals surface area contributed by atoms with Crippen LogP contribution in [-0.2, 0) is 0 Å². The molecule has 6 nitrogen and oxygen atoms in total. The fraction of sp³-hybridized carbons (Fsp3) is 0. The van der Waals surface area contributed by atoms with E-state index in [1.165, 1.54) is 18.7 Å². The van der Waals surface area contributed by atoms with Crippen LogP contribution < -0.4 is 10.9 Å². The van der Waals surface area contributed by atoms with Crippen LogP contribution in [0, 0.1) is 0 Å². The molecule has 2 heterocycles. The fourth-order valence-corrected chi connectivity index (χ4v) is 1.87. The Hall–Kier alpha value is -3.15. The quantitative estimate of drug-likeness (QED) is 0.771. The van der Waals surface area contributed by atoms with Crippen LogP contribution in [0.25, 0.3) is 11.3 Å². The number of hydrogen-bond acceptors (Lipinski definition) is 4. The Morgan fingerprint density at radius 2 is 2.00 bits per heavy atom. The molecule has 2 N–H and O–H groups in total. The number of nitrogens with one attached hydrogen (secondary N) is 2. The van der Waals surface area contributed by atoms with Gasteiger partial charge in [0.15, 0.2) is 12.2 Å². The van der Waals surface area contributed by atoms with Crippen molar-refractivity contribution in [3.8, 4) is 11.3 Å². The van der Waals surface area contributed by atoms with E-state index in [-0.39, 0.29) is 11.5 Å². The number of carbonyl (C=O) groups is 1. The highest BCUT2D eigenvalue weighted by molar-refractivity contribution is 6.04. The normalized spacial score (nSPS) is 10.3. The lowest BCUT2D eigenvalue weighted by molar-refractivity contribution is 0.102. The first-order chi connectivity index (χ1) is 10.2. The Labute approximate surface area is 119 Å². The third-order valence-corrected chi connectivity index (χ3v) is 2.90. The molecule has 0 unspecified atom stereocenters. The molecule has 0 atom stereocenters. The zero-order valence-electron chi connectivity index (χ0n) is 10.9. The van der Waals surface area contributed by atoms with Crippen LogP contribution in [0.1, 0.15) is 10.4 Å². The van der Waals surface area contributed by atoms with Gasteiger partial charge in [-0.25, -0.2) is 4.98 Å². The number of aromatic amines is 1. The molecule has 0 aliphatic rings. The first-order valence-corrected chi connectivity index (χ1v) is 6.21. The monoisotopic (exact) mass is 281 g/mol. The second-order valence-electron chi connectivity index (χ2n) is 4.34. The van der Waals surface area contributed by atoms with E-state index in [0.29, 0.717) is 17.0 Å². The molecular weight excluding hydrogens is 270 g/mol. The van der Waals surface area contributed by atoms with Gasteiger partial charge in [0.2, 0.25) is 5.56 Å². The van der Waals surface area contributed by atoms with E-state index >= 15 is 0 Å². The predicted octanol–water partition coefficient (Wildman–Crippen LogP) is 2.28. The number of oxazole rings is 1. The summed E-state index contributed by atoms with van der Waals surface area (Å²) in [7, 11) is 0. The molecular formula is C15H11N3O3. The molecule has 0 saturated carbocycles. The van der Waals surface area contributed by atoms with Gasteiger partial charge in [0, 0.05) is 29.1 Å². The number of rotatable bonds is 3. The summed E-state index contributed by atoms with van der Waals surface area (Å²) in [5.41, 5.74) is 1.48. The average Bonchev–Trinajstić information content (AvgIpc) is 3.02. The standard InChI is InChI=1S/C15H11N3O3/c19-14-7-11(5-6-17-14)15(20)18-12-3-1-10(2-4-12)13-8-16-9-21-13/h1-9H,(H,17,19)(H,18,20). The highest BCUT2D eigenvalue weighted by Crippen LogP contribution is 2.20. The smallest absolute Gasteiger partial charge is 0.255 e. The van der Waals surface area contributed by atoms with E-state index < -0.39 is 0 Å². The van der Waals surface area contributed by atoms with Crippen LogP contribution in [0.2, 0.25) is 0 Å². The average molecular weight is 281 g/mol. The van der Waals surface area contributed by atoms with Crippen LogP contribution in [-0.4, -0.2) is 15.9 Å². The van der Waals surface area contributed by atoms with E-state index in [0.717, 1.165) is 5.56 Å². The molecule has 1 aromatic carbocycles. The molecule has 104 valence electrons. The summed E-state index contributed by atoms with van der Waals surface area (Å²) in [4.78, 5) is 29.5. The molecule has 3 rings (SSSR count). The molecule has 21 heavy (non-hydrogen) atoms. The van der Waals surface area contributed by atoms with Crippen LogP contribution in [0.3, 0.4) is 0 Å². The molecule has 0 radical (unpaired) electrons. The van der Waals surface area contributed by atoms with Gasteiger partial charge >= 0.3 is 0 Å². The summed E-state index contributed by atoms with van der Waals surface area (Å²) in [6.07, 6.45) is 4.41. The lowest BCUT2D eigenvalue weighted by atomic mass is 10.1. The predicted molar refractivity (Wildman–Crippen MR) is 77.0 cm³/mol. The molecule has 1 amide bonds. The minimum atomic E-state index is -0.339. The molecule has 0 fully saturated rings. The number of amides is 1. The highest BCUT2D eigenvalue weighted by atomic mass is 16.3. The van der Waals surface area contributed by atoms with Crippen LogP contribution >= 0.6 is 0 Å². The number of hydrogen-bond donors (Lipinski definition) is 2. The van der Waals surface area contributed by atoms with Crippen molar-refractivity contribution in [2.75, 3.05) is 5.32 Å². The molecule has 2 aromatic heterocycles. The van der Waals surface area contributed by atoms with E-state index in [4.69, 9.17) is 4.42 Å². The van der Waals surface area contributed by atoms with E-state index in [2.05, 4.69) is 15.3 Å². The second-order valence-corrected chi connectivity index (χ2v) is 4.34. The van der Waals surface area contributed by atoms with Crippen LogP contribution in [0.15, 0.2) is 64.4 Å². The SMILES string of the molecule is O=C(Nc1ccc(-c2cnco2)cc1)c1cc[nH]c(=O)c1. The summed E-state index contributed by atoms with van der Waals surface area (Å²) >= 11 is 0. The Kier molecular flexibility index (Phi) is 3.34. The zero-order chi connectivity index (χ0) is 14.7. The maximum absolute atomic E-state index is 12.0. The van der Waals surface area contributed by atoms with Gasteiger partial charge in [-0.1, -0.05) is 0 Å². The molecule has 0 spiro atoms. The summed E-state index contributed by atoms with van der Waals surface area (Å²) in [6.45, 7) is 0. The Morgan fingerprint density at radius 1 is 1.19 bits per heavy atom. The second kappa shape index (κ2) is 5.46. The van der Waals surface area contributed by atoms with Crippen molar-refractivity contribution in [2.24, 2.45) is 0 Å². The molecule has 0 aliphatic carbocycles. The molecule has 0 saturated heterocycles. The first kappa shape index (κ1) is 12.9. The van der Waals surface area contributed by atoms with Gasteiger partial charge in [0.05, 0.1) is 6.20 Å². The van der Waals surface area contributed by atoms with Gasteiger partial charge < -0.3 is 14.7 Å². The summed E-state index contributed by atoms with van der Waals surface area (Å²) in [6, 6.07) is 9.92. The molecule has 0 aliphatic heterocycles. The number of carbonyl (C=O) groups excluding carboxylic acids is 1. The van der Waals surface area contributed by atoms with Gasteiger partial charge in [-0.2, -0.15) is 0 Å². The fourth-order valence-electron chi connectivity index (χ4n) is 1.87. The van der Waals surface area contributed by atoms with E-state index in [9.17, 15) is 9.59 Å². The zero-order valence-corrected chi connectivity index (χ0v) is 10.9. The Morgan fingerprint density at radius 3 is 2.67 bits per heavy atom. The number of aromatic nitrogens is 2. The van der Waals surface area contributed by atoms with Crippen molar-refractivity contribution >= 4 is 11.6 Å². The molecule has 0 bridgehead atoms. The van der Waals surface area contributed by atoms with E-state index in [1.54, 1.807) is 24.4 Å². The number of nitrogens with zero attached hydrogens (tertiary/aromatic N) is 1. The molecule has 3 aromatic rings. The largest absolute Gasteiger partial charge is 0.444 e. The van der Waals surface area contributed by atoms with Crippen LogP contribution in [0.5, 0.6) is 0 Å². The topological polar surface area (TPSA) is 88.0 Å². The maximum atomic E-state index is 12.0. The number of benzene rings is 1. The first-order valence-electron chi connectivity index (χ1n) is 6.21. The summed E-state index contributed by atoms with van der Waals surface area (Å²) in [5.74, 6) is 0.316. The number of H-pyrrole nitrogens is 1. The van der Waals surface area contributed by atoms with Crippen molar-refractivity contribution in [2.45, 2.75) is 0 Å². The van der Waals surface area contributed by atoms with Gasteiger partial charge in [-0.05, 0) is 30.3 Å². The highest BCUT2D eigenvalue weighted by Gasteiger charge is 2.07. The van der Waals surface area contributed by atoms with E-state index in [1.807, 2.05) is 12.1 Å². The number of pyridine rings is 1. The summed E-state index contributed by atoms with van der Waals surface area (Å²) < 4.78 is 5.19. The minimum Gasteiger partial charge on any atom is -0.444 e. The van der Waals surface area contributed by atoms with Crippen molar-refractivity contribution in [3.63, 3.8) is 0 Å². The van der Waals surface area contributed by atoms with Gasteiger partial charge in [0.25, 0.3) is 5.91 Å². The van der Waals surface area contributed by atoms with Gasteiger partial charge in [-0.3, -0.25) is 9.59 Å². The Balaban J connectivity index is 1.76. The lowest BCUT2D eigenvalue weighted by Crippen LogP contribution is -2.15. The third-order valence-electron chi connectivity index (χ3n) is 2.90. The van der Waals surface area contributed by atoms with Gasteiger partial charge in [-0.15, -0.1) is 0 Å². The van der Waals surface area contributed by atoms with Crippen molar-refractivity contribution in [3.05, 3.63) is 71.1 Å². The minimum absolute atomic E-state index is 0.304. The lowest BCUT2D eigenvalue weighted by Gasteiger charge is -2.05. The van der Waals surface area contributed by atoms with Crippen molar-refractivity contribution < 1.29 is 9.21 Å².